The maximum Gasteiger partial charge on any atom is 0.253 e. The maximum atomic E-state index is 13.0. The fraction of sp³-hybridized carbons (Fsp3) is 0.524. The van der Waals surface area contributed by atoms with Crippen LogP contribution in [0.2, 0.25) is 0 Å². The van der Waals surface area contributed by atoms with Gasteiger partial charge in [0.25, 0.3) is 5.91 Å². The van der Waals surface area contributed by atoms with E-state index >= 15 is 0 Å². The first kappa shape index (κ1) is 21.0. The quantitative estimate of drug-likeness (QED) is 0.719. The number of piperazine rings is 1. The minimum Gasteiger partial charge on any atom is -0.360 e. The Balaban J connectivity index is 1.40. The fourth-order valence-electron chi connectivity index (χ4n) is 4.05. The van der Waals surface area contributed by atoms with Crippen LogP contribution in [0.5, 0.6) is 0 Å². The molecule has 162 valence electrons. The lowest BCUT2D eigenvalue weighted by Gasteiger charge is -2.34. The summed E-state index contributed by atoms with van der Waals surface area (Å²) >= 11 is 0. The number of nitrogens with zero attached hydrogens (tertiary/aromatic N) is 4. The largest absolute Gasteiger partial charge is 0.360 e. The van der Waals surface area contributed by atoms with Gasteiger partial charge in [0.15, 0.2) is 5.76 Å². The third-order valence-electron chi connectivity index (χ3n) is 5.75. The van der Waals surface area contributed by atoms with Crippen LogP contribution in [-0.2, 0) is 16.6 Å². The monoisotopic (exact) mass is 432 g/mol. The minimum atomic E-state index is -3.55. The van der Waals surface area contributed by atoms with Crippen molar-refractivity contribution in [1.29, 1.82) is 0 Å². The Hall–Kier alpha value is -2.23. The SMILES string of the molecule is Cc1cc(CN2CCN(C(=O)c3cccc(S(=O)(=O)N4CCCCC4)c3)CC2)on1. The number of carbonyl (C=O) groups is 1. The van der Waals surface area contributed by atoms with Gasteiger partial charge in [-0.05, 0) is 38.0 Å². The Bertz CT molecular complexity index is 990. The molecule has 2 aliphatic rings. The van der Waals surface area contributed by atoms with Gasteiger partial charge in [0.1, 0.15) is 0 Å². The van der Waals surface area contributed by atoms with Gasteiger partial charge in [-0.2, -0.15) is 4.31 Å². The van der Waals surface area contributed by atoms with Gasteiger partial charge in [0.2, 0.25) is 10.0 Å². The highest BCUT2D eigenvalue weighted by molar-refractivity contribution is 7.89. The summed E-state index contributed by atoms with van der Waals surface area (Å²) in [4.78, 5) is 17.2. The summed E-state index contributed by atoms with van der Waals surface area (Å²) in [6.07, 6.45) is 2.83. The third-order valence-corrected chi connectivity index (χ3v) is 7.64. The van der Waals surface area contributed by atoms with Crippen molar-refractivity contribution < 1.29 is 17.7 Å². The summed E-state index contributed by atoms with van der Waals surface area (Å²) in [6.45, 7) is 6.31. The lowest BCUT2D eigenvalue weighted by Crippen LogP contribution is -2.48. The Morgan fingerprint density at radius 3 is 2.43 bits per heavy atom. The summed E-state index contributed by atoms with van der Waals surface area (Å²) in [5, 5.41) is 3.91. The summed E-state index contributed by atoms with van der Waals surface area (Å²) in [5.74, 6) is 0.698. The number of amides is 1. The zero-order valence-electron chi connectivity index (χ0n) is 17.3. The number of hydrogen-bond donors (Lipinski definition) is 0. The predicted molar refractivity (Wildman–Crippen MR) is 111 cm³/mol. The highest BCUT2D eigenvalue weighted by Crippen LogP contribution is 2.22. The lowest BCUT2D eigenvalue weighted by atomic mass is 10.2. The van der Waals surface area contributed by atoms with Crippen LogP contribution in [0.25, 0.3) is 0 Å². The number of rotatable bonds is 5. The standard InChI is InChI=1S/C21H28N4O4S/c1-17-14-19(29-22-17)16-23-10-12-24(13-11-23)21(26)18-6-5-7-20(15-18)30(27,28)25-8-3-2-4-9-25/h5-7,14-15H,2-4,8-13,16H2,1H3. The highest BCUT2D eigenvalue weighted by atomic mass is 32.2. The molecule has 30 heavy (non-hydrogen) atoms. The van der Waals surface area contributed by atoms with E-state index < -0.39 is 10.0 Å². The first-order valence-electron chi connectivity index (χ1n) is 10.5. The van der Waals surface area contributed by atoms with Gasteiger partial charge in [0, 0.05) is 50.9 Å². The average Bonchev–Trinajstić information content (AvgIpc) is 3.19. The number of piperidine rings is 1. The Labute approximate surface area is 177 Å². The van der Waals surface area contributed by atoms with E-state index in [0.717, 1.165) is 43.8 Å². The molecule has 0 spiro atoms. The molecule has 0 aliphatic carbocycles. The Kier molecular flexibility index (Phi) is 6.21. The van der Waals surface area contributed by atoms with Crippen LogP contribution in [0.1, 0.15) is 41.1 Å². The normalized spacial score (nSPS) is 19.2. The first-order valence-corrected chi connectivity index (χ1v) is 11.9. The van der Waals surface area contributed by atoms with E-state index in [2.05, 4.69) is 10.1 Å². The summed E-state index contributed by atoms with van der Waals surface area (Å²) in [6, 6.07) is 8.38. The van der Waals surface area contributed by atoms with E-state index in [1.807, 2.05) is 13.0 Å². The average molecular weight is 433 g/mol. The lowest BCUT2D eigenvalue weighted by molar-refractivity contribution is 0.0617. The second-order valence-electron chi connectivity index (χ2n) is 8.00. The van der Waals surface area contributed by atoms with Crippen molar-refractivity contribution in [3.8, 4) is 0 Å². The van der Waals surface area contributed by atoms with Crippen molar-refractivity contribution in [1.82, 2.24) is 19.3 Å². The third kappa shape index (κ3) is 4.58. The molecule has 0 N–H and O–H groups in total. The molecule has 2 aliphatic heterocycles. The van der Waals surface area contributed by atoms with Gasteiger partial charge in [-0.1, -0.05) is 17.6 Å². The summed E-state index contributed by atoms with van der Waals surface area (Å²) in [5.41, 5.74) is 1.28. The molecule has 9 heteroatoms. The van der Waals surface area contributed by atoms with Crippen LogP contribution < -0.4 is 0 Å². The number of aryl methyl sites for hydroxylation is 1. The van der Waals surface area contributed by atoms with Crippen molar-refractivity contribution in [2.75, 3.05) is 39.3 Å². The zero-order valence-corrected chi connectivity index (χ0v) is 18.1. The van der Waals surface area contributed by atoms with Crippen LogP contribution in [0.15, 0.2) is 39.8 Å². The Morgan fingerprint density at radius 1 is 1.03 bits per heavy atom. The molecule has 0 bridgehead atoms. The van der Waals surface area contributed by atoms with Crippen molar-refractivity contribution >= 4 is 15.9 Å². The number of hydrogen-bond acceptors (Lipinski definition) is 6. The highest BCUT2D eigenvalue weighted by Gasteiger charge is 2.28. The van der Waals surface area contributed by atoms with Gasteiger partial charge in [-0.3, -0.25) is 9.69 Å². The number of benzene rings is 1. The molecule has 4 rings (SSSR count). The van der Waals surface area contributed by atoms with Gasteiger partial charge in [0.05, 0.1) is 17.1 Å². The van der Waals surface area contributed by atoms with E-state index in [-0.39, 0.29) is 10.8 Å². The molecule has 8 nitrogen and oxygen atoms in total. The van der Waals surface area contributed by atoms with Crippen LogP contribution in [0, 0.1) is 6.92 Å². The van der Waals surface area contributed by atoms with Crippen LogP contribution >= 0.6 is 0 Å². The van der Waals surface area contributed by atoms with Crippen molar-refractivity contribution in [3.63, 3.8) is 0 Å². The van der Waals surface area contributed by atoms with Gasteiger partial charge < -0.3 is 9.42 Å². The molecule has 0 saturated carbocycles. The number of aromatic nitrogens is 1. The van der Waals surface area contributed by atoms with E-state index in [0.29, 0.717) is 38.3 Å². The van der Waals surface area contributed by atoms with Gasteiger partial charge in [-0.25, -0.2) is 8.42 Å². The molecule has 1 aromatic carbocycles. The molecular weight excluding hydrogens is 404 g/mol. The van der Waals surface area contributed by atoms with Crippen LogP contribution in [0.3, 0.4) is 0 Å². The van der Waals surface area contributed by atoms with Crippen LogP contribution in [0.4, 0.5) is 0 Å². The second-order valence-corrected chi connectivity index (χ2v) is 9.93. The smallest absolute Gasteiger partial charge is 0.253 e. The molecule has 1 aromatic heterocycles. The molecule has 2 aromatic rings. The molecule has 1 amide bonds. The van der Waals surface area contributed by atoms with Gasteiger partial charge in [-0.15, -0.1) is 0 Å². The Morgan fingerprint density at radius 2 is 1.77 bits per heavy atom. The molecule has 2 saturated heterocycles. The van der Waals surface area contributed by atoms with Crippen LogP contribution in [-0.4, -0.2) is 72.9 Å². The molecular formula is C21H28N4O4S. The zero-order chi connectivity index (χ0) is 21.1. The molecule has 0 unspecified atom stereocenters. The maximum absolute atomic E-state index is 13.0. The molecule has 0 atom stereocenters. The van der Waals surface area contributed by atoms with Crippen molar-refractivity contribution in [3.05, 3.63) is 47.3 Å². The summed E-state index contributed by atoms with van der Waals surface area (Å²) < 4.78 is 32.7. The van der Waals surface area contributed by atoms with E-state index in [4.69, 9.17) is 4.52 Å². The van der Waals surface area contributed by atoms with E-state index in [1.165, 1.54) is 10.4 Å². The molecule has 2 fully saturated rings. The second kappa shape index (κ2) is 8.87. The van der Waals surface area contributed by atoms with E-state index in [1.54, 1.807) is 23.1 Å². The molecule has 3 heterocycles. The summed E-state index contributed by atoms with van der Waals surface area (Å²) in [7, 11) is -3.55. The topological polar surface area (TPSA) is 87.0 Å². The fourth-order valence-corrected chi connectivity index (χ4v) is 5.61. The minimum absolute atomic E-state index is 0.124. The first-order chi connectivity index (χ1) is 14.4. The van der Waals surface area contributed by atoms with Gasteiger partial charge >= 0.3 is 0 Å². The van der Waals surface area contributed by atoms with Crippen molar-refractivity contribution in [2.24, 2.45) is 0 Å². The number of carbonyl (C=O) groups excluding carboxylic acids is 1. The molecule has 0 radical (unpaired) electrons. The number of sulfonamides is 1. The van der Waals surface area contributed by atoms with Crippen molar-refractivity contribution in [2.45, 2.75) is 37.6 Å². The van der Waals surface area contributed by atoms with E-state index in [9.17, 15) is 13.2 Å². The predicted octanol–water partition coefficient (Wildman–Crippen LogP) is 2.12.